The zero-order chi connectivity index (χ0) is 19.3. The number of hydrogen-bond acceptors (Lipinski definition) is 4. The van der Waals surface area contributed by atoms with Crippen molar-refractivity contribution in [3.05, 3.63) is 59.9 Å². The first-order valence-corrected chi connectivity index (χ1v) is 9.95. The maximum Gasteiger partial charge on any atom is 0.407 e. The summed E-state index contributed by atoms with van der Waals surface area (Å²) in [5.41, 5.74) is 2.44. The minimum Gasteiger partial charge on any atom is -0.445 e. The number of benzene rings is 2. The Bertz CT molecular complexity index is 803. The molecular weight excluding hydrogens is 357 g/mol. The minimum atomic E-state index is -0.395. The molecule has 6 heteroatoms. The van der Waals surface area contributed by atoms with Gasteiger partial charge in [-0.1, -0.05) is 30.3 Å². The molecule has 2 aromatic carbocycles. The Balaban J connectivity index is 1.19. The number of amides is 1. The average molecular weight is 383 g/mol. The molecule has 1 saturated carbocycles. The molecule has 1 aliphatic carbocycles. The number of alkyl carbamates (subject to hydrolysis) is 1. The van der Waals surface area contributed by atoms with Crippen molar-refractivity contribution in [2.45, 2.75) is 44.4 Å². The lowest BCUT2D eigenvalue weighted by Crippen LogP contribution is -2.49. The van der Waals surface area contributed by atoms with Crippen LogP contribution in [0.15, 0.2) is 48.5 Å². The molecule has 148 valence electrons. The topological polar surface area (TPSA) is 53.6 Å². The van der Waals surface area contributed by atoms with E-state index in [1.165, 1.54) is 0 Å². The maximum absolute atomic E-state index is 14.4. The fraction of sp³-hybridized carbons (Fsp3) is 0.409. The molecule has 4 rings (SSSR count). The number of rotatable bonds is 6. The summed E-state index contributed by atoms with van der Waals surface area (Å²) in [6, 6.07) is 15.3. The zero-order valence-corrected chi connectivity index (χ0v) is 15.9. The van der Waals surface area contributed by atoms with Gasteiger partial charge in [0, 0.05) is 30.9 Å². The van der Waals surface area contributed by atoms with Crippen molar-refractivity contribution in [1.29, 1.82) is 0 Å². The number of hydrogen-bond donors (Lipinski definition) is 2. The molecule has 0 bridgehead atoms. The van der Waals surface area contributed by atoms with E-state index < -0.39 is 6.09 Å². The summed E-state index contributed by atoms with van der Waals surface area (Å²) in [6.07, 6.45) is 3.47. The SMILES string of the molecule is O=C(NC1CC(Nc2ccc(N3CCCC3)c(F)c2)C1)OCc1ccccc1. The van der Waals surface area contributed by atoms with E-state index in [1.807, 2.05) is 42.5 Å². The van der Waals surface area contributed by atoms with Gasteiger partial charge in [0.2, 0.25) is 0 Å². The molecule has 1 saturated heterocycles. The second kappa shape index (κ2) is 8.50. The molecule has 2 aliphatic rings. The zero-order valence-electron chi connectivity index (χ0n) is 15.9. The third kappa shape index (κ3) is 4.55. The molecule has 0 radical (unpaired) electrons. The number of ether oxygens (including phenoxy) is 1. The molecule has 2 N–H and O–H groups in total. The Morgan fingerprint density at radius 1 is 1.07 bits per heavy atom. The fourth-order valence-corrected chi connectivity index (χ4v) is 3.83. The molecule has 2 aromatic rings. The Hall–Kier alpha value is -2.76. The van der Waals surface area contributed by atoms with Gasteiger partial charge in [-0.3, -0.25) is 0 Å². The summed E-state index contributed by atoms with van der Waals surface area (Å²) in [6.45, 7) is 2.13. The molecule has 0 unspecified atom stereocenters. The van der Waals surface area contributed by atoms with Crippen LogP contribution in [0.5, 0.6) is 0 Å². The molecule has 0 atom stereocenters. The maximum atomic E-state index is 14.4. The smallest absolute Gasteiger partial charge is 0.407 e. The summed E-state index contributed by atoms with van der Waals surface area (Å²) >= 11 is 0. The van der Waals surface area contributed by atoms with Gasteiger partial charge >= 0.3 is 6.09 Å². The number of carbonyl (C=O) groups is 1. The van der Waals surface area contributed by atoms with Crippen LogP contribution in [0.2, 0.25) is 0 Å². The van der Waals surface area contributed by atoms with Gasteiger partial charge < -0.3 is 20.3 Å². The standard InChI is InChI=1S/C22H26FN3O2/c23-20-14-17(8-9-21(20)26-10-4-5-11-26)24-18-12-19(13-18)25-22(27)28-15-16-6-2-1-3-7-16/h1-3,6-9,14,18-19,24H,4-5,10-13,15H2,(H,25,27). The van der Waals surface area contributed by atoms with Crippen LogP contribution < -0.4 is 15.5 Å². The number of nitrogens with one attached hydrogen (secondary N) is 2. The molecule has 1 amide bonds. The molecular formula is C22H26FN3O2. The van der Waals surface area contributed by atoms with Crippen molar-refractivity contribution in [3.8, 4) is 0 Å². The molecule has 0 aromatic heterocycles. The minimum absolute atomic E-state index is 0.0921. The monoisotopic (exact) mass is 383 g/mol. The lowest BCUT2D eigenvalue weighted by Gasteiger charge is -2.36. The van der Waals surface area contributed by atoms with Crippen LogP contribution in [-0.2, 0) is 11.3 Å². The van der Waals surface area contributed by atoms with E-state index in [4.69, 9.17) is 4.74 Å². The van der Waals surface area contributed by atoms with E-state index in [-0.39, 0.29) is 24.5 Å². The van der Waals surface area contributed by atoms with Crippen LogP contribution in [0, 0.1) is 5.82 Å². The summed E-state index contributed by atoms with van der Waals surface area (Å²) in [4.78, 5) is 14.0. The van der Waals surface area contributed by atoms with Gasteiger partial charge in [-0.05, 0) is 49.4 Å². The number of halogens is 1. The fourth-order valence-electron chi connectivity index (χ4n) is 3.83. The Kier molecular flexibility index (Phi) is 5.65. The van der Waals surface area contributed by atoms with E-state index in [9.17, 15) is 9.18 Å². The molecule has 1 heterocycles. The molecule has 2 fully saturated rings. The van der Waals surface area contributed by atoms with Crippen LogP contribution in [0.4, 0.5) is 20.6 Å². The molecule has 28 heavy (non-hydrogen) atoms. The number of anilines is 2. The van der Waals surface area contributed by atoms with Crippen molar-refractivity contribution in [2.75, 3.05) is 23.3 Å². The summed E-state index contributed by atoms with van der Waals surface area (Å²) in [7, 11) is 0. The average Bonchev–Trinajstić information content (AvgIpc) is 3.20. The van der Waals surface area contributed by atoms with Crippen molar-refractivity contribution < 1.29 is 13.9 Å². The van der Waals surface area contributed by atoms with Crippen LogP contribution in [0.1, 0.15) is 31.2 Å². The third-order valence-electron chi connectivity index (χ3n) is 5.44. The van der Waals surface area contributed by atoms with Gasteiger partial charge in [-0.15, -0.1) is 0 Å². The van der Waals surface area contributed by atoms with E-state index in [2.05, 4.69) is 15.5 Å². The van der Waals surface area contributed by atoms with Crippen molar-refractivity contribution in [1.82, 2.24) is 5.32 Å². The summed E-state index contributed by atoms with van der Waals surface area (Å²) in [5.74, 6) is -0.176. The predicted octanol–water partition coefficient (Wildman–Crippen LogP) is 4.30. The highest BCUT2D eigenvalue weighted by Crippen LogP contribution is 2.29. The van der Waals surface area contributed by atoms with Gasteiger partial charge in [-0.2, -0.15) is 0 Å². The molecule has 0 spiro atoms. The van der Waals surface area contributed by atoms with Gasteiger partial charge in [0.1, 0.15) is 12.4 Å². The lowest BCUT2D eigenvalue weighted by molar-refractivity contribution is 0.129. The van der Waals surface area contributed by atoms with Gasteiger partial charge in [0.05, 0.1) is 5.69 Å². The Labute approximate surface area is 164 Å². The first kappa shape index (κ1) is 18.6. The highest BCUT2D eigenvalue weighted by Gasteiger charge is 2.30. The second-order valence-electron chi connectivity index (χ2n) is 7.58. The van der Waals surface area contributed by atoms with E-state index >= 15 is 0 Å². The van der Waals surface area contributed by atoms with E-state index in [1.54, 1.807) is 6.07 Å². The van der Waals surface area contributed by atoms with E-state index in [0.717, 1.165) is 50.0 Å². The number of carbonyl (C=O) groups excluding carboxylic acids is 1. The highest BCUT2D eigenvalue weighted by atomic mass is 19.1. The van der Waals surface area contributed by atoms with Crippen LogP contribution in [0.25, 0.3) is 0 Å². The predicted molar refractivity (Wildman–Crippen MR) is 108 cm³/mol. The lowest BCUT2D eigenvalue weighted by atomic mass is 9.86. The third-order valence-corrected chi connectivity index (χ3v) is 5.44. The van der Waals surface area contributed by atoms with Crippen LogP contribution >= 0.6 is 0 Å². The Morgan fingerprint density at radius 2 is 1.82 bits per heavy atom. The van der Waals surface area contributed by atoms with Crippen molar-refractivity contribution in [3.63, 3.8) is 0 Å². The quantitative estimate of drug-likeness (QED) is 0.781. The normalized spacial score (nSPS) is 21.1. The summed E-state index contributed by atoms with van der Waals surface area (Å²) in [5, 5.41) is 6.23. The summed E-state index contributed by atoms with van der Waals surface area (Å²) < 4.78 is 19.6. The first-order chi connectivity index (χ1) is 13.7. The van der Waals surface area contributed by atoms with Gasteiger partial charge in [0.15, 0.2) is 0 Å². The first-order valence-electron chi connectivity index (χ1n) is 9.95. The van der Waals surface area contributed by atoms with Crippen LogP contribution in [0.3, 0.4) is 0 Å². The van der Waals surface area contributed by atoms with Gasteiger partial charge in [0.25, 0.3) is 0 Å². The van der Waals surface area contributed by atoms with Crippen molar-refractivity contribution in [2.24, 2.45) is 0 Å². The van der Waals surface area contributed by atoms with Gasteiger partial charge in [-0.25, -0.2) is 9.18 Å². The largest absolute Gasteiger partial charge is 0.445 e. The van der Waals surface area contributed by atoms with E-state index in [0.29, 0.717) is 5.69 Å². The number of nitrogens with zero attached hydrogens (tertiary/aromatic N) is 1. The second-order valence-corrected chi connectivity index (χ2v) is 7.58. The Morgan fingerprint density at radius 3 is 2.54 bits per heavy atom. The highest BCUT2D eigenvalue weighted by molar-refractivity contribution is 5.68. The molecule has 1 aliphatic heterocycles. The van der Waals surface area contributed by atoms with Crippen molar-refractivity contribution >= 4 is 17.5 Å². The van der Waals surface area contributed by atoms with Crippen LogP contribution in [-0.4, -0.2) is 31.3 Å². The molecule has 5 nitrogen and oxygen atoms in total.